The highest BCUT2D eigenvalue weighted by atomic mass is 16.5. The number of aliphatic imine (C=N–C) groups is 1. The third-order valence-corrected chi connectivity index (χ3v) is 4.91. The SMILES string of the molecule is CN=C(NCc1ccc(C)cc1OCCOC)NCC1Cc2ccccc21. The zero-order chi connectivity index (χ0) is 19.1. The molecule has 0 radical (unpaired) electrons. The first kappa shape index (κ1) is 19.2. The maximum atomic E-state index is 5.86. The number of benzene rings is 2. The van der Waals surface area contributed by atoms with Crippen LogP contribution in [-0.4, -0.2) is 39.9 Å². The lowest BCUT2D eigenvalue weighted by atomic mass is 9.78. The van der Waals surface area contributed by atoms with Gasteiger partial charge < -0.3 is 20.1 Å². The van der Waals surface area contributed by atoms with Crippen LogP contribution in [0.3, 0.4) is 0 Å². The number of methoxy groups -OCH3 is 1. The van der Waals surface area contributed by atoms with E-state index < -0.39 is 0 Å². The molecule has 0 saturated heterocycles. The Hall–Kier alpha value is -2.53. The third-order valence-electron chi connectivity index (χ3n) is 4.91. The van der Waals surface area contributed by atoms with Crippen LogP contribution in [-0.2, 0) is 17.7 Å². The lowest BCUT2D eigenvalue weighted by molar-refractivity contribution is 0.145. The number of aryl methyl sites for hydroxylation is 1. The van der Waals surface area contributed by atoms with E-state index in [9.17, 15) is 0 Å². The molecule has 5 nitrogen and oxygen atoms in total. The topological polar surface area (TPSA) is 54.9 Å². The Morgan fingerprint density at radius 2 is 2.00 bits per heavy atom. The van der Waals surface area contributed by atoms with E-state index in [0.29, 0.717) is 25.7 Å². The van der Waals surface area contributed by atoms with Crippen molar-refractivity contribution in [2.75, 3.05) is 33.9 Å². The van der Waals surface area contributed by atoms with Gasteiger partial charge >= 0.3 is 0 Å². The van der Waals surface area contributed by atoms with Gasteiger partial charge in [-0.3, -0.25) is 4.99 Å². The molecule has 2 aromatic carbocycles. The molecule has 0 fully saturated rings. The molecule has 27 heavy (non-hydrogen) atoms. The van der Waals surface area contributed by atoms with Crippen LogP contribution in [0.4, 0.5) is 0 Å². The minimum absolute atomic E-state index is 0.543. The monoisotopic (exact) mass is 367 g/mol. The van der Waals surface area contributed by atoms with E-state index in [2.05, 4.69) is 65.0 Å². The van der Waals surface area contributed by atoms with Crippen LogP contribution in [0.5, 0.6) is 5.75 Å². The zero-order valence-electron chi connectivity index (χ0n) is 16.4. The van der Waals surface area contributed by atoms with Crippen LogP contribution >= 0.6 is 0 Å². The Bertz CT molecular complexity index is 789. The lowest BCUT2D eigenvalue weighted by Gasteiger charge is -2.30. The Balaban J connectivity index is 1.52. The van der Waals surface area contributed by atoms with Gasteiger partial charge in [0.1, 0.15) is 12.4 Å². The molecular weight excluding hydrogens is 338 g/mol. The first-order valence-corrected chi connectivity index (χ1v) is 9.45. The van der Waals surface area contributed by atoms with Crippen molar-refractivity contribution in [1.82, 2.24) is 10.6 Å². The normalized spacial score (nSPS) is 15.7. The number of hydrogen-bond donors (Lipinski definition) is 2. The van der Waals surface area contributed by atoms with Gasteiger partial charge in [-0.25, -0.2) is 0 Å². The van der Waals surface area contributed by atoms with Crippen LogP contribution in [0.1, 0.15) is 28.2 Å². The average Bonchev–Trinajstić information content (AvgIpc) is 2.66. The molecule has 0 bridgehead atoms. The smallest absolute Gasteiger partial charge is 0.191 e. The molecule has 0 spiro atoms. The average molecular weight is 367 g/mol. The van der Waals surface area contributed by atoms with Crippen LogP contribution in [0, 0.1) is 6.92 Å². The van der Waals surface area contributed by atoms with Crippen molar-refractivity contribution in [2.45, 2.75) is 25.8 Å². The largest absolute Gasteiger partial charge is 0.491 e. The summed E-state index contributed by atoms with van der Waals surface area (Å²) in [6.45, 7) is 4.73. The van der Waals surface area contributed by atoms with Crippen molar-refractivity contribution in [3.63, 3.8) is 0 Å². The maximum Gasteiger partial charge on any atom is 0.191 e. The van der Waals surface area contributed by atoms with E-state index in [0.717, 1.165) is 30.2 Å². The molecule has 0 aromatic heterocycles. The van der Waals surface area contributed by atoms with E-state index in [1.165, 1.54) is 16.7 Å². The van der Waals surface area contributed by atoms with Gasteiger partial charge in [0.05, 0.1) is 6.61 Å². The van der Waals surface area contributed by atoms with Crippen molar-refractivity contribution < 1.29 is 9.47 Å². The molecule has 1 atom stereocenters. The summed E-state index contributed by atoms with van der Waals surface area (Å²) in [6.07, 6.45) is 1.13. The summed E-state index contributed by atoms with van der Waals surface area (Å²) in [5, 5.41) is 6.83. The van der Waals surface area contributed by atoms with Gasteiger partial charge in [-0.1, -0.05) is 36.4 Å². The molecule has 0 aliphatic heterocycles. The molecule has 1 aliphatic rings. The zero-order valence-corrected chi connectivity index (χ0v) is 16.4. The Morgan fingerprint density at radius 3 is 2.78 bits per heavy atom. The number of rotatable bonds is 8. The second kappa shape index (κ2) is 9.42. The van der Waals surface area contributed by atoms with Crippen molar-refractivity contribution >= 4 is 5.96 Å². The molecule has 0 amide bonds. The number of guanidine groups is 1. The van der Waals surface area contributed by atoms with Crippen molar-refractivity contribution in [3.05, 3.63) is 64.7 Å². The summed E-state index contributed by atoms with van der Waals surface area (Å²) in [6, 6.07) is 14.9. The first-order chi connectivity index (χ1) is 13.2. The number of hydrogen-bond acceptors (Lipinski definition) is 3. The van der Waals surface area contributed by atoms with Crippen molar-refractivity contribution in [2.24, 2.45) is 4.99 Å². The van der Waals surface area contributed by atoms with E-state index in [1.807, 2.05) is 0 Å². The van der Waals surface area contributed by atoms with Crippen LogP contribution in [0.25, 0.3) is 0 Å². The summed E-state index contributed by atoms with van der Waals surface area (Å²) in [5.41, 5.74) is 5.20. The second-order valence-corrected chi connectivity index (χ2v) is 6.86. The van der Waals surface area contributed by atoms with Gasteiger partial charge in [-0.2, -0.15) is 0 Å². The minimum atomic E-state index is 0.543. The van der Waals surface area contributed by atoms with Crippen molar-refractivity contribution in [3.8, 4) is 5.75 Å². The molecule has 0 saturated carbocycles. The fourth-order valence-corrected chi connectivity index (χ4v) is 3.34. The molecule has 144 valence electrons. The quantitative estimate of drug-likeness (QED) is 0.428. The number of ether oxygens (including phenoxy) is 2. The third kappa shape index (κ3) is 5.01. The van der Waals surface area contributed by atoms with Gasteiger partial charge in [-0.15, -0.1) is 0 Å². The molecule has 3 rings (SSSR count). The molecule has 2 aromatic rings. The second-order valence-electron chi connectivity index (χ2n) is 6.86. The predicted molar refractivity (Wildman–Crippen MR) is 110 cm³/mol. The molecule has 1 unspecified atom stereocenters. The highest BCUT2D eigenvalue weighted by Gasteiger charge is 2.25. The van der Waals surface area contributed by atoms with Gasteiger partial charge in [0.2, 0.25) is 0 Å². The summed E-state index contributed by atoms with van der Waals surface area (Å²) in [7, 11) is 3.48. The molecule has 1 aliphatic carbocycles. The molecule has 0 heterocycles. The Morgan fingerprint density at radius 1 is 1.15 bits per heavy atom. The summed E-state index contributed by atoms with van der Waals surface area (Å²) in [5.74, 6) is 2.26. The number of fused-ring (bicyclic) bond motifs is 1. The summed E-state index contributed by atoms with van der Waals surface area (Å²) >= 11 is 0. The number of nitrogens with one attached hydrogen (secondary N) is 2. The minimum Gasteiger partial charge on any atom is -0.491 e. The fourth-order valence-electron chi connectivity index (χ4n) is 3.34. The lowest BCUT2D eigenvalue weighted by Crippen LogP contribution is -2.40. The predicted octanol–water partition coefficient (Wildman–Crippen LogP) is 3.03. The van der Waals surface area contributed by atoms with E-state index in [4.69, 9.17) is 9.47 Å². The van der Waals surface area contributed by atoms with Crippen molar-refractivity contribution in [1.29, 1.82) is 0 Å². The Labute approximate surface area is 161 Å². The summed E-state index contributed by atoms with van der Waals surface area (Å²) in [4.78, 5) is 4.35. The van der Waals surface area contributed by atoms with E-state index in [-0.39, 0.29) is 0 Å². The molecular formula is C22H29N3O2. The van der Waals surface area contributed by atoms with E-state index in [1.54, 1.807) is 14.2 Å². The highest BCUT2D eigenvalue weighted by molar-refractivity contribution is 5.79. The first-order valence-electron chi connectivity index (χ1n) is 9.45. The fraction of sp³-hybridized carbons (Fsp3) is 0.409. The standard InChI is InChI=1S/C22H29N3O2/c1-16-8-9-18(21(12-16)27-11-10-26-3)14-24-22(23-2)25-15-19-13-17-6-4-5-7-20(17)19/h4-9,12,19H,10-11,13-15H2,1-3H3,(H2,23,24,25). The van der Waals surface area contributed by atoms with E-state index >= 15 is 0 Å². The maximum absolute atomic E-state index is 5.86. The summed E-state index contributed by atoms with van der Waals surface area (Å²) < 4.78 is 10.9. The Kier molecular flexibility index (Phi) is 6.71. The van der Waals surface area contributed by atoms with Gasteiger partial charge in [0, 0.05) is 38.7 Å². The molecule has 2 N–H and O–H groups in total. The van der Waals surface area contributed by atoms with Gasteiger partial charge in [0.25, 0.3) is 0 Å². The van der Waals surface area contributed by atoms with Gasteiger partial charge in [0.15, 0.2) is 5.96 Å². The molecule has 5 heteroatoms. The van der Waals surface area contributed by atoms with Crippen LogP contribution < -0.4 is 15.4 Å². The van der Waals surface area contributed by atoms with Crippen LogP contribution in [0.15, 0.2) is 47.5 Å². The highest BCUT2D eigenvalue weighted by Crippen LogP contribution is 2.33. The van der Waals surface area contributed by atoms with Gasteiger partial charge in [-0.05, 0) is 36.1 Å². The van der Waals surface area contributed by atoms with Crippen LogP contribution in [0.2, 0.25) is 0 Å². The number of nitrogens with zero attached hydrogens (tertiary/aromatic N) is 1.